The number of aryl methyl sites for hydroxylation is 1. The fourth-order valence-corrected chi connectivity index (χ4v) is 4.47. The SMILES string of the molecule is COc1ccccc1CCC(=O)N1CC[C@H](c2cc(C(=O)NC(C)C)c3ccccc3n2)C1. The molecule has 0 saturated carbocycles. The fraction of sp³-hybridized carbons (Fsp3) is 0.370. The van der Waals surface area contributed by atoms with E-state index in [1.54, 1.807) is 7.11 Å². The quantitative estimate of drug-likeness (QED) is 0.588. The van der Waals surface area contributed by atoms with Crippen LogP contribution in [-0.2, 0) is 11.2 Å². The molecular weight excluding hydrogens is 414 g/mol. The first-order chi connectivity index (χ1) is 16.0. The Hall–Kier alpha value is -3.41. The number of ether oxygens (including phenoxy) is 1. The monoisotopic (exact) mass is 445 g/mol. The molecule has 1 aromatic heterocycles. The third-order valence-electron chi connectivity index (χ3n) is 6.16. The highest BCUT2D eigenvalue weighted by molar-refractivity contribution is 6.06. The van der Waals surface area contributed by atoms with E-state index in [1.807, 2.05) is 73.3 Å². The highest BCUT2D eigenvalue weighted by Gasteiger charge is 2.29. The van der Waals surface area contributed by atoms with Gasteiger partial charge in [0.15, 0.2) is 0 Å². The number of pyridine rings is 1. The Bertz CT molecular complexity index is 1160. The first-order valence-electron chi connectivity index (χ1n) is 11.6. The van der Waals surface area contributed by atoms with Gasteiger partial charge in [0.25, 0.3) is 5.91 Å². The molecule has 2 heterocycles. The predicted molar refractivity (Wildman–Crippen MR) is 130 cm³/mol. The van der Waals surface area contributed by atoms with Gasteiger partial charge in [0.1, 0.15) is 5.75 Å². The molecule has 0 aliphatic carbocycles. The summed E-state index contributed by atoms with van der Waals surface area (Å²) in [7, 11) is 1.65. The van der Waals surface area contributed by atoms with E-state index in [1.165, 1.54) is 0 Å². The average molecular weight is 446 g/mol. The number of aromatic nitrogens is 1. The minimum absolute atomic E-state index is 0.0516. The van der Waals surface area contributed by atoms with Crippen molar-refractivity contribution in [1.82, 2.24) is 15.2 Å². The molecule has 1 aliphatic heterocycles. The summed E-state index contributed by atoms with van der Waals surface area (Å²) >= 11 is 0. The summed E-state index contributed by atoms with van der Waals surface area (Å²) in [5.74, 6) is 0.988. The molecule has 1 atom stereocenters. The zero-order valence-corrected chi connectivity index (χ0v) is 19.5. The van der Waals surface area contributed by atoms with Crippen LogP contribution >= 0.6 is 0 Å². The number of para-hydroxylation sites is 2. The molecule has 6 nitrogen and oxygen atoms in total. The Labute approximate surface area is 195 Å². The van der Waals surface area contributed by atoms with Crippen molar-refractivity contribution in [2.75, 3.05) is 20.2 Å². The van der Waals surface area contributed by atoms with Gasteiger partial charge in [-0.1, -0.05) is 36.4 Å². The second kappa shape index (κ2) is 10.0. The third kappa shape index (κ3) is 5.16. The maximum absolute atomic E-state index is 12.9. The van der Waals surface area contributed by atoms with Gasteiger partial charge in [-0.25, -0.2) is 0 Å². The van der Waals surface area contributed by atoms with Gasteiger partial charge in [0.2, 0.25) is 5.91 Å². The van der Waals surface area contributed by atoms with Gasteiger partial charge in [-0.2, -0.15) is 0 Å². The highest BCUT2D eigenvalue weighted by atomic mass is 16.5. The van der Waals surface area contributed by atoms with Gasteiger partial charge >= 0.3 is 0 Å². The van der Waals surface area contributed by atoms with Crippen LogP contribution in [0, 0.1) is 0 Å². The van der Waals surface area contributed by atoms with E-state index < -0.39 is 0 Å². The van der Waals surface area contributed by atoms with Gasteiger partial charge in [0, 0.05) is 42.6 Å². The number of amides is 2. The molecule has 33 heavy (non-hydrogen) atoms. The summed E-state index contributed by atoms with van der Waals surface area (Å²) in [5, 5.41) is 3.85. The molecule has 172 valence electrons. The van der Waals surface area contributed by atoms with E-state index in [-0.39, 0.29) is 23.8 Å². The largest absolute Gasteiger partial charge is 0.496 e. The molecule has 1 fully saturated rings. The van der Waals surface area contributed by atoms with Crippen molar-refractivity contribution in [2.45, 2.75) is 45.1 Å². The van der Waals surface area contributed by atoms with Gasteiger partial charge in [0.05, 0.1) is 18.2 Å². The van der Waals surface area contributed by atoms with Crippen LogP contribution in [0.3, 0.4) is 0 Å². The van der Waals surface area contributed by atoms with Gasteiger partial charge < -0.3 is 15.0 Å². The van der Waals surface area contributed by atoms with Crippen LogP contribution in [0.25, 0.3) is 10.9 Å². The Balaban J connectivity index is 1.48. The van der Waals surface area contributed by atoms with Crippen molar-refractivity contribution in [3.63, 3.8) is 0 Å². The number of carbonyl (C=O) groups excluding carboxylic acids is 2. The second-order valence-corrected chi connectivity index (χ2v) is 8.88. The molecule has 6 heteroatoms. The lowest BCUT2D eigenvalue weighted by molar-refractivity contribution is -0.130. The molecule has 2 aromatic carbocycles. The molecule has 0 spiro atoms. The van der Waals surface area contributed by atoms with E-state index in [9.17, 15) is 9.59 Å². The fourth-order valence-electron chi connectivity index (χ4n) is 4.47. The lowest BCUT2D eigenvalue weighted by Crippen LogP contribution is -2.30. The van der Waals surface area contributed by atoms with Crippen molar-refractivity contribution < 1.29 is 14.3 Å². The number of fused-ring (bicyclic) bond motifs is 1. The first-order valence-corrected chi connectivity index (χ1v) is 11.6. The number of nitrogens with one attached hydrogen (secondary N) is 1. The van der Waals surface area contributed by atoms with Crippen LogP contribution < -0.4 is 10.1 Å². The maximum Gasteiger partial charge on any atom is 0.252 e. The van der Waals surface area contributed by atoms with Crippen LogP contribution in [0.15, 0.2) is 54.6 Å². The number of methoxy groups -OCH3 is 1. The Morgan fingerprint density at radius 1 is 1.15 bits per heavy atom. The molecule has 0 unspecified atom stereocenters. The standard InChI is InChI=1S/C27H31N3O3/c1-18(2)28-27(32)22-16-24(29-23-10-6-5-9-21(22)23)20-14-15-30(17-20)26(31)13-12-19-8-4-7-11-25(19)33-3/h4-11,16,18,20H,12-15,17H2,1-3H3,(H,28,32)/t20-/m0/s1. The molecule has 1 aliphatic rings. The normalized spacial score (nSPS) is 15.8. The van der Waals surface area contributed by atoms with Crippen molar-refractivity contribution in [2.24, 2.45) is 0 Å². The van der Waals surface area contributed by atoms with Crippen LogP contribution in [0.2, 0.25) is 0 Å². The molecule has 3 aromatic rings. The Morgan fingerprint density at radius 3 is 2.70 bits per heavy atom. The molecule has 1 saturated heterocycles. The minimum atomic E-state index is -0.0902. The van der Waals surface area contributed by atoms with Gasteiger partial charge in [-0.05, 0) is 50.5 Å². The predicted octanol–water partition coefficient (Wildman–Crippen LogP) is 4.33. The van der Waals surface area contributed by atoms with Gasteiger partial charge in [-0.3, -0.25) is 14.6 Å². The maximum atomic E-state index is 12.9. The summed E-state index contributed by atoms with van der Waals surface area (Å²) < 4.78 is 5.40. The van der Waals surface area contributed by atoms with Crippen molar-refractivity contribution in [1.29, 1.82) is 0 Å². The van der Waals surface area contributed by atoms with E-state index in [0.29, 0.717) is 31.5 Å². The number of carbonyl (C=O) groups is 2. The smallest absolute Gasteiger partial charge is 0.252 e. The molecule has 0 radical (unpaired) electrons. The van der Waals surface area contributed by atoms with Crippen LogP contribution in [-0.4, -0.2) is 47.9 Å². The summed E-state index contributed by atoms with van der Waals surface area (Å²) in [6, 6.07) is 17.5. The number of rotatable bonds is 7. The molecule has 4 rings (SSSR count). The second-order valence-electron chi connectivity index (χ2n) is 8.88. The summed E-state index contributed by atoms with van der Waals surface area (Å²) in [5.41, 5.74) is 3.37. The van der Waals surface area contributed by atoms with Crippen molar-refractivity contribution >= 4 is 22.7 Å². The van der Waals surface area contributed by atoms with Crippen LogP contribution in [0.1, 0.15) is 54.2 Å². The topological polar surface area (TPSA) is 71.5 Å². The summed E-state index contributed by atoms with van der Waals surface area (Å²) in [4.78, 5) is 32.5. The van der Waals surface area contributed by atoms with Gasteiger partial charge in [-0.15, -0.1) is 0 Å². The van der Waals surface area contributed by atoms with E-state index in [2.05, 4.69) is 5.32 Å². The molecule has 1 N–H and O–H groups in total. The highest BCUT2D eigenvalue weighted by Crippen LogP contribution is 2.30. The number of benzene rings is 2. The number of likely N-dealkylation sites (tertiary alicyclic amines) is 1. The van der Waals surface area contributed by atoms with Crippen molar-refractivity contribution in [3.8, 4) is 5.75 Å². The van der Waals surface area contributed by atoms with Crippen LogP contribution in [0.5, 0.6) is 5.75 Å². The number of hydrogen-bond donors (Lipinski definition) is 1. The summed E-state index contributed by atoms with van der Waals surface area (Å²) in [6.07, 6.45) is 1.94. The Kier molecular flexibility index (Phi) is 6.92. The Morgan fingerprint density at radius 2 is 1.91 bits per heavy atom. The lowest BCUT2D eigenvalue weighted by Gasteiger charge is -2.18. The average Bonchev–Trinajstić information content (AvgIpc) is 3.32. The minimum Gasteiger partial charge on any atom is -0.496 e. The van der Waals surface area contributed by atoms with Crippen LogP contribution in [0.4, 0.5) is 0 Å². The zero-order valence-electron chi connectivity index (χ0n) is 19.5. The van der Waals surface area contributed by atoms with E-state index in [0.717, 1.165) is 34.3 Å². The molecule has 0 bridgehead atoms. The molecular formula is C27H31N3O3. The molecule has 2 amide bonds. The summed E-state index contributed by atoms with van der Waals surface area (Å²) in [6.45, 7) is 5.24. The number of hydrogen-bond acceptors (Lipinski definition) is 4. The number of nitrogens with zero attached hydrogens (tertiary/aromatic N) is 2. The van der Waals surface area contributed by atoms with E-state index in [4.69, 9.17) is 9.72 Å². The van der Waals surface area contributed by atoms with E-state index >= 15 is 0 Å². The van der Waals surface area contributed by atoms with Crippen molar-refractivity contribution in [3.05, 3.63) is 71.4 Å². The zero-order chi connectivity index (χ0) is 23.4. The first kappa shape index (κ1) is 22.8. The lowest BCUT2D eigenvalue weighted by atomic mass is 9.99. The third-order valence-corrected chi connectivity index (χ3v) is 6.16.